The van der Waals surface area contributed by atoms with Crippen molar-refractivity contribution in [3.05, 3.63) is 28.0 Å². The summed E-state index contributed by atoms with van der Waals surface area (Å²) >= 11 is 1.51. The first-order chi connectivity index (χ1) is 9.42. The van der Waals surface area contributed by atoms with Gasteiger partial charge in [0.1, 0.15) is 6.04 Å². The van der Waals surface area contributed by atoms with Gasteiger partial charge in [0.25, 0.3) is 0 Å². The number of nitrogens with one attached hydrogen (secondary N) is 2. The van der Waals surface area contributed by atoms with E-state index in [2.05, 4.69) is 10.6 Å². The van der Waals surface area contributed by atoms with Crippen molar-refractivity contribution >= 4 is 35.1 Å². The smallest absolute Gasteiger partial charge is 0.244 e. The molecule has 4 N–H and O–H groups in total. The molecule has 6 nitrogen and oxygen atoms in total. The predicted molar refractivity (Wildman–Crippen MR) is 77.9 cm³/mol. The lowest BCUT2D eigenvalue weighted by Gasteiger charge is -2.14. The highest BCUT2D eigenvalue weighted by Crippen LogP contribution is 2.14. The molecule has 3 amide bonds. The summed E-state index contributed by atoms with van der Waals surface area (Å²) in [6.07, 6.45) is 2.73. The molecule has 1 heterocycles. The summed E-state index contributed by atoms with van der Waals surface area (Å²) in [5, 5.41) is 6.78. The van der Waals surface area contributed by atoms with E-state index in [9.17, 15) is 14.4 Å². The van der Waals surface area contributed by atoms with Crippen LogP contribution in [0, 0.1) is 6.92 Å². The first kappa shape index (κ1) is 15.9. The zero-order chi connectivity index (χ0) is 15.1. The third kappa shape index (κ3) is 5.23. The summed E-state index contributed by atoms with van der Waals surface area (Å²) in [6, 6.07) is 0.980. The number of thiophene rings is 1. The molecule has 0 saturated heterocycles. The van der Waals surface area contributed by atoms with Gasteiger partial charge < -0.3 is 16.4 Å². The predicted octanol–water partition coefficient (Wildman–Crippen LogP) is 0.176. The van der Waals surface area contributed by atoms with Gasteiger partial charge in [-0.05, 0) is 30.0 Å². The van der Waals surface area contributed by atoms with Crippen LogP contribution in [0.2, 0.25) is 0 Å². The number of rotatable bonds is 6. The van der Waals surface area contributed by atoms with Crippen molar-refractivity contribution in [3.8, 4) is 0 Å². The Morgan fingerprint density at radius 3 is 2.65 bits per heavy atom. The molecular weight excluding hydrogens is 278 g/mol. The summed E-state index contributed by atoms with van der Waals surface area (Å²) < 4.78 is 0. The van der Waals surface area contributed by atoms with E-state index in [1.807, 2.05) is 18.4 Å². The molecule has 0 fully saturated rings. The fourth-order valence-corrected chi connectivity index (χ4v) is 2.29. The molecule has 0 aliphatic heterocycles. The van der Waals surface area contributed by atoms with Crippen LogP contribution < -0.4 is 16.4 Å². The molecule has 0 radical (unpaired) electrons. The van der Waals surface area contributed by atoms with Gasteiger partial charge >= 0.3 is 0 Å². The summed E-state index contributed by atoms with van der Waals surface area (Å²) in [5.74, 6) is -1.57. The second-order valence-corrected chi connectivity index (χ2v) is 5.15. The Morgan fingerprint density at radius 2 is 2.15 bits per heavy atom. The molecule has 0 saturated carbocycles. The second-order valence-electron chi connectivity index (χ2n) is 4.21. The second kappa shape index (κ2) is 7.44. The maximum atomic E-state index is 11.7. The number of hydrogen-bond donors (Lipinski definition) is 3. The van der Waals surface area contributed by atoms with E-state index in [1.54, 1.807) is 6.08 Å². The quantitative estimate of drug-likeness (QED) is 0.652. The number of likely N-dealkylation sites (N-methyl/N-ethyl adjacent to an activating group) is 1. The Morgan fingerprint density at radius 1 is 1.45 bits per heavy atom. The lowest BCUT2D eigenvalue weighted by molar-refractivity contribution is -0.129. The van der Waals surface area contributed by atoms with Gasteiger partial charge in [0.2, 0.25) is 17.7 Å². The molecule has 0 unspecified atom stereocenters. The molecule has 1 aromatic heterocycles. The Hall–Kier alpha value is -2.15. The monoisotopic (exact) mass is 295 g/mol. The van der Waals surface area contributed by atoms with Crippen LogP contribution in [0.5, 0.6) is 0 Å². The Balaban J connectivity index is 2.63. The summed E-state index contributed by atoms with van der Waals surface area (Å²) in [4.78, 5) is 35.0. The van der Waals surface area contributed by atoms with Crippen LogP contribution in [0.1, 0.15) is 16.9 Å². The molecule has 1 aromatic rings. The van der Waals surface area contributed by atoms with Gasteiger partial charge in [-0.3, -0.25) is 14.4 Å². The normalized spacial score (nSPS) is 12.1. The lowest BCUT2D eigenvalue weighted by Crippen LogP contribution is -2.47. The highest BCUT2D eigenvalue weighted by Gasteiger charge is 2.20. The van der Waals surface area contributed by atoms with Gasteiger partial charge in [-0.1, -0.05) is 0 Å². The van der Waals surface area contributed by atoms with E-state index in [-0.39, 0.29) is 6.42 Å². The standard InChI is InChI=1S/C13H17N3O3S/c1-8-5-9(20-7-8)3-4-12(18)16-10(6-11(14)17)13(19)15-2/h3-5,7,10H,6H2,1-2H3,(H2,14,17)(H,15,19)(H,16,18)/t10-/m0/s1. The Labute approximate surface area is 121 Å². The number of hydrogen-bond acceptors (Lipinski definition) is 4. The average molecular weight is 295 g/mol. The van der Waals surface area contributed by atoms with Gasteiger partial charge in [-0.25, -0.2) is 0 Å². The van der Waals surface area contributed by atoms with Crippen molar-refractivity contribution in [1.82, 2.24) is 10.6 Å². The minimum atomic E-state index is -0.959. The minimum absolute atomic E-state index is 0.239. The van der Waals surface area contributed by atoms with Gasteiger partial charge in [0, 0.05) is 18.0 Å². The van der Waals surface area contributed by atoms with Crippen molar-refractivity contribution in [1.29, 1.82) is 0 Å². The molecule has 0 aliphatic carbocycles. The van der Waals surface area contributed by atoms with Crippen LogP contribution in [0.15, 0.2) is 17.5 Å². The van der Waals surface area contributed by atoms with Crippen LogP contribution >= 0.6 is 11.3 Å². The van der Waals surface area contributed by atoms with E-state index < -0.39 is 23.8 Å². The van der Waals surface area contributed by atoms with E-state index >= 15 is 0 Å². The molecule has 1 atom stereocenters. The number of aryl methyl sites for hydroxylation is 1. The number of carbonyl (C=O) groups is 3. The highest BCUT2D eigenvalue weighted by atomic mass is 32.1. The average Bonchev–Trinajstić information content (AvgIpc) is 2.80. The van der Waals surface area contributed by atoms with Crippen LogP contribution in [-0.2, 0) is 14.4 Å². The zero-order valence-corrected chi connectivity index (χ0v) is 12.1. The fraction of sp³-hybridized carbons (Fsp3) is 0.308. The minimum Gasteiger partial charge on any atom is -0.370 e. The van der Waals surface area contributed by atoms with Crippen LogP contribution in [0.3, 0.4) is 0 Å². The summed E-state index contributed by atoms with van der Waals surface area (Å²) in [6.45, 7) is 1.96. The molecule has 0 aliphatic rings. The largest absolute Gasteiger partial charge is 0.370 e. The van der Waals surface area contributed by atoms with Crippen LogP contribution in [-0.4, -0.2) is 30.8 Å². The number of primary amides is 1. The zero-order valence-electron chi connectivity index (χ0n) is 11.3. The maximum absolute atomic E-state index is 11.7. The van der Waals surface area contributed by atoms with Gasteiger partial charge in [-0.15, -0.1) is 11.3 Å². The van der Waals surface area contributed by atoms with Crippen molar-refractivity contribution in [2.45, 2.75) is 19.4 Å². The van der Waals surface area contributed by atoms with Gasteiger partial charge in [0.15, 0.2) is 0 Å². The Kier molecular flexibility index (Phi) is 5.92. The molecule has 1 rings (SSSR count). The molecule has 0 spiro atoms. The topological polar surface area (TPSA) is 101 Å². The molecule has 0 aromatic carbocycles. The number of amides is 3. The van der Waals surface area contributed by atoms with Crippen molar-refractivity contribution < 1.29 is 14.4 Å². The third-order valence-electron chi connectivity index (χ3n) is 2.43. The van der Waals surface area contributed by atoms with Gasteiger partial charge in [0.05, 0.1) is 6.42 Å². The first-order valence-electron chi connectivity index (χ1n) is 5.96. The third-order valence-corrected chi connectivity index (χ3v) is 3.45. The van der Waals surface area contributed by atoms with Crippen LogP contribution in [0.25, 0.3) is 6.08 Å². The summed E-state index contributed by atoms with van der Waals surface area (Å²) in [5.41, 5.74) is 6.16. The highest BCUT2D eigenvalue weighted by molar-refractivity contribution is 7.11. The van der Waals surface area contributed by atoms with Crippen molar-refractivity contribution in [3.63, 3.8) is 0 Å². The molecule has 7 heteroatoms. The van der Waals surface area contributed by atoms with E-state index in [4.69, 9.17) is 5.73 Å². The number of carbonyl (C=O) groups excluding carboxylic acids is 3. The molecule has 20 heavy (non-hydrogen) atoms. The molecule has 0 bridgehead atoms. The van der Waals surface area contributed by atoms with E-state index in [1.165, 1.54) is 24.5 Å². The van der Waals surface area contributed by atoms with Crippen molar-refractivity contribution in [2.75, 3.05) is 7.05 Å². The van der Waals surface area contributed by atoms with E-state index in [0.29, 0.717) is 0 Å². The van der Waals surface area contributed by atoms with Gasteiger partial charge in [-0.2, -0.15) is 0 Å². The van der Waals surface area contributed by atoms with E-state index in [0.717, 1.165) is 10.4 Å². The lowest BCUT2D eigenvalue weighted by atomic mass is 10.2. The number of nitrogens with two attached hydrogens (primary N) is 1. The fourth-order valence-electron chi connectivity index (χ4n) is 1.50. The van der Waals surface area contributed by atoms with Crippen molar-refractivity contribution in [2.24, 2.45) is 5.73 Å². The molecule has 108 valence electrons. The Bertz CT molecular complexity index is 537. The first-order valence-corrected chi connectivity index (χ1v) is 6.84. The summed E-state index contributed by atoms with van der Waals surface area (Å²) in [7, 11) is 1.42. The SMILES string of the molecule is CNC(=O)[C@H](CC(N)=O)NC(=O)C=Cc1cc(C)cs1. The maximum Gasteiger partial charge on any atom is 0.244 e. The van der Waals surface area contributed by atoms with Crippen LogP contribution in [0.4, 0.5) is 0 Å². The molecular formula is C13H17N3O3S.